The van der Waals surface area contributed by atoms with Crippen LogP contribution in [0.4, 0.5) is 10.2 Å². The number of carbonyl (C=O) groups is 1. The van der Waals surface area contributed by atoms with E-state index in [1.165, 1.54) is 12.1 Å². The Kier molecular flexibility index (Phi) is 7.68. The van der Waals surface area contributed by atoms with Gasteiger partial charge in [0.25, 0.3) is 5.91 Å². The average Bonchev–Trinajstić information content (AvgIpc) is 2.79. The van der Waals surface area contributed by atoms with Gasteiger partial charge in [0.1, 0.15) is 11.6 Å². The molecule has 2 aromatic carbocycles. The first-order chi connectivity index (χ1) is 15.1. The molecule has 0 bridgehead atoms. The van der Waals surface area contributed by atoms with Crippen LogP contribution in [0, 0.1) is 17.1 Å². The molecule has 0 aliphatic carbocycles. The third-order valence-electron chi connectivity index (χ3n) is 4.72. The lowest BCUT2D eigenvalue weighted by Crippen LogP contribution is -2.31. The van der Waals surface area contributed by atoms with E-state index in [2.05, 4.69) is 27.0 Å². The smallest absolute Gasteiger partial charge is 0.255 e. The van der Waals surface area contributed by atoms with E-state index in [1.54, 1.807) is 30.3 Å². The van der Waals surface area contributed by atoms with Gasteiger partial charge in [-0.05, 0) is 49.4 Å². The number of aromatic nitrogens is 1. The van der Waals surface area contributed by atoms with Crippen LogP contribution in [0.15, 0.2) is 60.7 Å². The fourth-order valence-electron chi connectivity index (χ4n) is 3.15. The molecule has 7 heteroatoms. The summed E-state index contributed by atoms with van der Waals surface area (Å²) in [6, 6.07) is 19.2. The van der Waals surface area contributed by atoms with E-state index < -0.39 is 0 Å². The molecule has 0 aliphatic rings. The summed E-state index contributed by atoms with van der Waals surface area (Å²) in [7, 11) is 1.81. The molecule has 0 unspecified atom stereocenters. The van der Waals surface area contributed by atoms with Crippen LogP contribution >= 0.6 is 0 Å². The van der Waals surface area contributed by atoms with Crippen molar-refractivity contribution in [2.24, 2.45) is 0 Å². The summed E-state index contributed by atoms with van der Waals surface area (Å²) in [6.07, 6.45) is 0.569. The number of carbonyl (C=O) groups excluding carboxylic acids is 1. The van der Waals surface area contributed by atoms with Crippen molar-refractivity contribution in [3.05, 3.63) is 83.2 Å². The van der Waals surface area contributed by atoms with Gasteiger partial charge in [0.15, 0.2) is 0 Å². The van der Waals surface area contributed by atoms with E-state index in [1.807, 2.05) is 25.2 Å². The van der Waals surface area contributed by atoms with Crippen LogP contribution in [0.2, 0.25) is 0 Å². The first-order valence-corrected chi connectivity index (χ1v) is 10.0. The van der Waals surface area contributed by atoms with E-state index in [-0.39, 0.29) is 11.7 Å². The lowest BCUT2D eigenvalue weighted by atomic mass is 10.0. The van der Waals surface area contributed by atoms with E-state index in [4.69, 9.17) is 0 Å². The molecule has 0 saturated carbocycles. The summed E-state index contributed by atoms with van der Waals surface area (Å²) in [6.45, 7) is 1.60. The third-order valence-corrected chi connectivity index (χ3v) is 4.72. The van der Waals surface area contributed by atoms with Crippen molar-refractivity contribution in [1.82, 2.24) is 15.6 Å². The van der Waals surface area contributed by atoms with Gasteiger partial charge in [-0.25, -0.2) is 9.37 Å². The van der Waals surface area contributed by atoms with Crippen LogP contribution in [-0.4, -0.2) is 37.6 Å². The minimum atomic E-state index is -0.282. The number of pyridine rings is 1. The molecular weight excluding hydrogens is 393 g/mol. The van der Waals surface area contributed by atoms with Crippen LogP contribution in [0.1, 0.15) is 21.5 Å². The predicted molar refractivity (Wildman–Crippen MR) is 119 cm³/mol. The summed E-state index contributed by atoms with van der Waals surface area (Å²) in [4.78, 5) is 17.3. The van der Waals surface area contributed by atoms with Crippen LogP contribution in [0.3, 0.4) is 0 Å². The van der Waals surface area contributed by atoms with Crippen molar-refractivity contribution in [3.8, 4) is 17.3 Å². The number of nitriles is 1. The molecule has 31 heavy (non-hydrogen) atoms. The highest BCUT2D eigenvalue weighted by atomic mass is 19.1. The standard InChI is InChI=1S/C24H24FN5O/c1-27-13-14-29-24(31)21-9-10-22(20-8-3-2-6-18(20)16-26)30-23(21)28-12-11-17-5-4-7-19(25)15-17/h2-10,15,27H,11-14H2,1H3,(H,28,30)(H,29,31). The fraction of sp³-hybridized carbons (Fsp3) is 0.208. The van der Waals surface area contributed by atoms with Gasteiger partial charge in [0.2, 0.25) is 0 Å². The molecule has 1 heterocycles. The molecule has 3 N–H and O–H groups in total. The molecule has 1 amide bonds. The number of halogens is 1. The third kappa shape index (κ3) is 5.87. The topological polar surface area (TPSA) is 89.8 Å². The van der Waals surface area contributed by atoms with Gasteiger partial charge in [-0.1, -0.05) is 30.3 Å². The molecule has 0 atom stereocenters. The fourth-order valence-corrected chi connectivity index (χ4v) is 3.15. The zero-order valence-electron chi connectivity index (χ0n) is 17.3. The number of nitrogens with one attached hydrogen (secondary N) is 3. The van der Waals surface area contributed by atoms with E-state index in [0.29, 0.717) is 54.3 Å². The zero-order chi connectivity index (χ0) is 22.1. The number of benzene rings is 2. The van der Waals surface area contributed by atoms with Gasteiger partial charge >= 0.3 is 0 Å². The number of nitrogens with zero attached hydrogens (tertiary/aromatic N) is 2. The summed E-state index contributed by atoms with van der Waals surface area (Å²) in [5, 5.41) is 18.5. The Bertz CT molecular complexity index is 1090. The predicted octanol–water partition coefficient (Wildman–Crippen LogP) is 3.36. The van der Waals surface area contributed by atoms with Crippen molar-refractivity contribution < 1.29 is 9.18 Å². The number of likely N-dealkylation sites (N-methyl/N-ethyl adjacent to an activating group) is 1. The summed E-state index contributed by atoms with van der Waals surface area (Å²) in [5.41, 5.74) is 3.05. The van der Waals surface area contributed by atoms with Crippen molar-refractivity contribution in [1.29, 1.82) is 5.26 Å². The number of amides is 1. The minimum absolute atomic E-state index is 0.240. The first kappa shape index (κ1) is 21.9. The van der Waals surface area contributed by atoms with Gasteiger partial charge in [-0.2, -0.15) is 5.26 Å². The monoisotopic (exact) mass is 417 g/mol. The highest BCUT2D eigenvalue weighted by molar-refractivity contribution is 5.99. The Balaban J connectivity index is 1.86. The SMILES string of the molecule is CNCCNC(=O)c1ccc(-c2ccccc2C#N)nc1NCCc1cccc(F)c1. The highest BCUT2D eigenvalue weighted by Crippen LogP contribution is 2.25. The van der Waals surface area contributed by atoms with Crippen molar-refractivity contribution in [2.45, 2.75) is 6.42 Å². The highest BCUT2D eigenvalue weighted by Gasteiger charge is 2.15. The molecule has 0 aliphatic heterocycles. The van der Waals surface area contributed by atoms with Gasteiger partial charge in [-0.3, -0.25) is 4.79 Å². The summed E-state index contributed by atoms with van der Waals surface area (Å²) in [5.74, 6) is -0.102. The first-order valence-electron chi connectivity index (χ1n) is 10.0. The van der Waals surface area contributed by atoms with Gasteiger partial charge in [0, 0.05) is 25.2 Å². The molecular formula is C24H24FN5O. The van der Waals surface area contributed by atoms with Crippen LogP contribution in [0.25, 0.3) is 11.3 Å². The molecule has 0 saturated heterocycles. The Morgan fingerprint density at radius 1 is 1.06 bits per heavy atom. The second kappa shape index (κ2) is 10.9. The van der Waals surface area contributed by atoms with Crippen molar-refractivity contribution in [3.63, 3.8) is 0 Å². The van der Waals surface area contributed by atoms with Crippen LogP contribution < -0.4 is 16.0 Å². The zero-order valence-corrected chi connectivity index (χ0v) is 17.3. The molecule has 3 rings (SSSR count). The summed E-state index contributed by atoms with van der Waals surface area (Å²) < 4.78 is 13.4. The molecule has 6 nitrogen and oxygen atoms in total. The molecule has 0 spiro atoms. The van der Waals surface area contributed by atoms with Crippen molar-refractivity contribution >= 4 is 11.7 Å². The van der Waals surface area contributed by atoms with E-state index in [0.717, 1.165) is 5.56 Å². The van der Waals surface area contributed by atoms with Crippen LogP contribution in [0.5, 0.6) is 0 Å². The Hall–Kier alpha value is -3.76. The lowest BCUT2D eigenvalue weighted by Gasteiger charge is -2.14. The average molecular weight is 417 g/mol. The second-order valence-corrected chi connectivity index (χ2v) is 6.92. The lowest BCUT2D eigenvalue weighted by molar-refractivity contribution is 0.0954. The number of rotatable bonds is 9. The van der Waals surface area contributed by atoms with Crippen molar-refractivity contribution in [2.75, 3.05) is 32.0 Å². The Morgan fingerprint density at radius 3 is 2.68 bits per heavy atom. The molecule has 0 radical (unpaired) electrons. The molecule has 158 valence electrons. The van der Waals surface area contributed by atoms with Gasteiger partial charge < -0.3 is 16.0 Å². The molecule has 0 fully saturated rings. The second-order valence-electron chi connectivity index (χ2n) is 6.92. The van der Waals surface area contributed by atoms with Gasteiger partial charge in [-0.15, -0.1) is 0 Å². The quantitative estimate of drug-likeness (QED) is 0.465. The maximum Gasteiger partial charge on any atom is 0.255 e. The normalized spacial score (nSPS) is 10.4. The number of hydrogen-bond acceptors (Lipinski definition) is 5. The van der Waals surface area contributed by atoms with Gasteiger partial charge in [0.05, 0.1) is 22.9 Å². The minimum Gasteiger partial charge on any atom is -0.369 e. The molecule has 3 aromatic rings. The summed E-state index contributed by atoms with van der Waals surface area (Å²) >= 11 is 0. The Labute approximate surface area is 181 Å². The van der Waals surface area contributed by atoms with Crippen LogP contribution in [-0.2, 0) is 6.42 Å². The maximum atomic E-state index is 13.4. The Morgan fingerprint density at radius 2 is 1.90 bits per heavy atom. The number of hydrogen-bond donors (Lipinski definition) is 3. The maximum absolute atomic E-state index is 13.4. The number of anilines is 1. The van der Waals surface area contributed by atoms with E-state index >= 15 is 0 Å². The largest absolute Gasteiger partial charge is 0.369 e. The molecule has 1 aromatic heterocycles. The van der Waals surface area contributed by atoms with E-state index in [9.17, 15) is 14.4 Å².